The van der Waals surface area contributed by atoms with Crippen molar-refractivity contribution in [1.29, 1.82) is 5.26 Å². The minimum absolute atomic E-state index is 0.00762. The molecule has 0 radical (unpaired) electrons. The van der Waals surface area contributed by atoms with E-state index in [9.17, 15) is 10.1 Å². The van der Waals surface area contributed by atoms with Gasteiger partial charge in [-0.3, -0.25) is 9.36 Å². The highest BCUT2D eigenvalue weighted by molar-refractivity contribution is 7.99. The summed E-state index contributed by atoms with van der Waals surface area (Å²) in [6.07, 6.45) is 0. The maximum atomic E-state index is 12.6. The summed E-state index contributed by atoms with van der Waals surface area (Å²) >= 11 is 1.49. The van der Waals surface area contributed by atoms with Crippen LogP contribution in [0.2, 0.25) is 0 Å². The first-order valence-corrected chi connectivity index (χ1v) is 8.11. The lowest BCUT2D eigenvalue weighted by molar-refractivity contribution is 0.349. The van der Waals surface area contributed by atoms with E-state index in [0.29, 0.717) is 40.2 Å². The van der Waals surface area contributed by atoms with Crippen LogP contribution in [-0.4, -0.2) is 36.6 Å². The molecule has 124 valence electrons. The summed E-state index contributed by atoms with van der Waals surface area (Å²) in [5, 5.41) is 10.1. The zero-order valence-electron chi connectivity index (χ0n) is 13.5. The lowest BCUT2D eigenvalue weighted by atomic mass is 10.1. The number of nitrogens with zero attached hydrogens (tertiary/aromatic N) is 3. The number of hydrogen-bond acceptors (Lipinski definition) is 7. The van der Waals surface area contributed by atoms with Crippen LogP contribution >= 0.6 is 11.8 Å². The largest absolute Gasteiger partial charge is 0.496 e. The quantitative estimate of drug-likeness (QED) is 0.782. The molecule has 7 nitrogen and oxygen atoms in total. The predicted octanol–water partition coefficient (Wildman–Crippen LogP) is 1.91. The Morgan fingerprint density at radius 3 is 2.46 bits per heavy atom. The summed E-state index contributed by atoms with van der Waals surface area (Å²) in [5.41, 5.74) is 0.465. The molecule has 0 unspecified atom stereocenters. The van der Waals surface area contributed by atoms with Gasteiger partial charge in [0, 0.05) is 23.9 Å². The number of hydrogen-bond donors (Lipinski definition) is 0. The zero-order valence-corrected chi connectivity index (χ0v) is 14.3. The third-order valence-electron chi connectivity index (χ3n) is 3.75. The Bertz CT molecular complexity index is 902. The van der Waals surface area contributed by atoms with Gasteiger partial charge in [-0.15, -0.1) is 0 Å². The van der Waals surface area contributed by atoms with E-state index in [1.165, 1.54) is 37.7 Å². The van der Waals surface area contributed by atoms with E-state index in [-0.39, 0.29) is 11.1 Å². The molecule has 8 heteroatoms. The van der Waals surface area contributed by atoms with Crippen molar-refractivity contribution in [1.82, 2.24) is 9.55 Å². The van der Waals surface area contributed by atoms with Gasteiger partial charge >= 0.3 is 0 Å². The van der Waals surface area contributed by atoms with Gasteiger partial charge in [-0.25, -0.2) is 4.98 Å². The maximum Gasteiger partial charge on any atom is 0.272 e. The molecule has 1 aliphatic rings. The normalized spacial score (nSPS) is 12.4. The van der Waals surface area contributed by atoms with Crippen LogP contribution in [-0.2, 0) is 6.54 Å². The van der Waals surface area contributed by atoms with Crippen LogP contribution in [0.25, 0.3) is 11.3 Å². The van der Waals surface area contributed by atoms with Crippen LogP contribution in [0.4, 0.5) is 0 Å². The van der Waals surface area contributed by atoms with Crippen molar-refractivity contribution in [3.8, 4) is 34.6 Å². The molecule has 3 rings (SSSR count). The summed E-state index contributed by atoms with van der Waals surface area (Å²) in [6.45, 7) is 0.559. The Morgan fingerprint density at radius 1 is 1.17 bits per heavy atom. The molecular formula is C16H15N3O4S. The number of benzene rings is 1. The van der Waals surface area contributed by atoms with E-state index in [2.05, 4.69) is 4.98 Å². The third kappa shape index (κ3) is 2.47. The molecule has 1 aromatic heterocycles. The van der Waals surface area contributed by atoms with E-state index < -0.39 is 0 Å². The molecule has 0 fully saturated rings. The molecule has 0 spiro atoms. The maximum absolute atomic E-state index is 12.6. The highest BCUT2D eigenvalue weighted by atomic mass is 32.2. The number of ether oxygens (including phenoxy) is 3. The summed E-state index contributed by atoms with van der Waals surface area (Å²) < 4.78 is 17.5. The fourth-order valence-electron chi connectivity index (χ4n) is 2.58. The van der Waals surface area contributed by atoms with Crippen LogP contribution in [0.5, 0.6) is 17.2 Å². The Labute approximate surface area is 142 Å². The van der Waals surface area contributed by atoms with Gasteiger partial charge in [-0.2, -0.15) is 5.26 Å². The first-order chi connectivity index (χ1) is 11.6. The summed E-state index contributed by atoms with van der Waals surface area (Å²) in [6, 6.07) is 5.29. The molecule has 0 aliphatic carbocycles. The average Bonchev–Trinajstić information content (AvgIpc) is 3.09. The van der Waals surface area contributed by atoms with E-state index in [1.807, 2.05) is 6.07 Å². The Morgan fingerprint density at radius 2 is 1.83 bits per heavy atom. The van der Waals surface area contributed by atoms with Gasteiger partial charge in [0.25, 0.3) is 5.56 Å². The molecule has 0 N–H and O–H groups in total. The van der Waals surface area contributed by atoms with E-state index in [0.717, 1.165) is 5.75 Å². The van der Waals surface area contributed by atoms with E-state index in [4.69, 9.17) is 14.2 Å². The molecule has 0 atom stereocenters. The number of fused-ring (bicyclic) bond motifs is 1. The summed E-state index contributed by atoms with van der Waals surface area (Å²) in [5.74, 6) is 2.17. The van der Waals surface area contributed by atoms with E-state index in [1.54, 1.807) is 12.1 Å². The molecule has 2 heterocycles. The first kappa shape index (κ1) is 16.2. The second-order valence-electron chi connectivity index (χ2n) is 4.94. The molecule has 0 bridgehead atoms. The van der Waals surface area contributed by atoms with Gasteiger partial charge in [-0.05, 0) is 6.07 Å². The topological polar surface area (TPSA) is 86.4 Å². The Balaban J connectivity index is 2.32. The highest BCUT2D eigenvalue weighted by Crippen LogP contribution is 2.40. The monoisotopic (exact) mass is 345 g/mol. The van der Waals surface area contributed by atoms with Gasteiger partial charge < -0.3 is 14.2 Å². The number of aromatic nitrogens is 2. The van der Waals surface area contributed by atoms with Crippen LogP contribution < -0.4 is 19.8 Å². The average molecular weight is 345 g/mol. The molecule has 0 saturated heterocycles. The van der Waals surface area contributed by atoms with Crippen molar-refractivity contribution in [3.05, 3.63) is 28.0 Å². The highest BCUT2D eigenvalue weighted by Gasteiger charge is 2.24. The number of rotatable bonds is 4. The van der Waals surface area contributed by atoms with Crippen LogP contribution in [0.15, 0.2) is 22.1 Å². The van der Waals surface area contributed by atoms with Gasteiger partial charge in [0.2, 0.25) is 0 Å². The lowest BCUT2D eigenvalue weighted by Crippen LogP contribution is -2.24. The van der Waals surface area contributed by atoms with Crippen molar-refractivity contribution in [2.24, 2.45) is 0 Å². The zero-order chi connectivity index (χ0) is 17.3. The van der Waals surface area contributed by atoms with Gasteiger partial charge in [0.05, 0.1) is 21.3 Å². The molecule has 24 heavy (non-hydrogen) atoms. The summed E-state index contributed by atoms with van der Waals surface area (Å²) in [7, 11) is 4.54. The molecule has 2 aromatic rings. The Kier molecular flexibility index (Phi) is 4.36. The number of thioether (sulfide) groups is 1. The van der Waals surface area contributed by atoms with Crippen LogP contribution in [0.1, 0.15) is 5.56 Å². The molecule has 0 saturated carbocycles. The second-order valence-corrected chi connectivity index (χ2v) is 6.00. The predicted molar refractivity (Wildman–Crippen MR) is 89.0 cm³/mol. The van der Waals surface area contributed by atoms with Crippen LogP contribution in [0, 0.1) is 11.3 Å². The molecule has 0 amide bonds. The Hall–Kier alpha value is -2.66. The lowest BCUT2D eigenvalue weighted by Gasteiger charge is -2.15. The third-order valence-corrected chi connectivity index (χ3v) is 4.71. The van der Waals surface area contributed by atoms with Gasteiger partial charge in [-0.1, -0.05) is 11.8 Å². The van der Waals surface area contributed by atoms with Crippen molar-refractivity contribution in [3.63, 3.8) is 0 Å². The van der Waals surface area contributed by atoms with Crippen molar-refractivity contribution >= 4 is 11.8 Å². The fraction of sp³-hybridized carbons (Fsp3) is 0.312. The SMILES string of the molecule is COc1cc(OC)c(-c2nc3n(c(=O)c2C#N)CCS3)cc1OC. The van der Waals surface area contributed by atoms with Crippen molar-refractivity contribution in [2.45, 2.75) is 11.7 Å². The minimum atomic E-state index is -0.334. The van der Waals surface area contributed by atoms with Crippen molar-refractivity contribution in [2.75, 3.05) is 27.1 Å². The fourth-order valence-corrected chi connectivity index (χ4v) is 3.52. The summed E-state index contributed by atoms with van der Waals surface area (Å²) in [4.78, 5) is 17.1. The molecule has 1 aliphatic heterocycles. The molecule has 1 aromatic carbocycles. The number of methoxy groups -OCH3 is 3. The minimum Gasteiger partial charge on any atom is -0.496 e. The molecular weight excluding hydrogens is 330 g/mol. The smallest absolute Gasteiger partial charge is 0.272 e. The van der Waals surface area contributed by atoms with Gasteiger partial charge in [0.15, 0.2) is 16.7 Å². The van der Waals surface area contributed by atoms with Gasteiger partial charge in [0.1, 0.15) is 23.1 Å². The standard InChI is InChI=1S/C16H15N3O4S/c1-21-11-7-13(23-3)12(22-2)6-9(11)14-10(8-17)15(20)19-4-5-24-16(19)18-14/h6-7H,4-5H2,1-3H3. The van der Waals surface area contributed by atoms with Crippen molar-refractivity contribution < 1.29 is 14.2 Å². The second kappa shape index (κ2) is 6.45. The van der Waals surface area contributed by atoms with E-state index >= 15 is 0 Å². The first-order valence-electron chi connectivity index (χ1n) is 7.12. The van der Waals surface area contributed by atoms with Crippen LogP contribution in [0.3, 0.4) is 0 Å². The number of nitriles is 1.